The molecule has 0 aromatic carbocycles. The summed E-state index contributed by atoms with van der Waals surface area (Å²) in [6, 6.07) is 0. The SMILES string of the molecule is CC=COC(=O)C1CCCC1. The van der Waals surface area contributed by atoms with Crippen molar-refractivity contribution in [3.8, 4) is 0 Å². The topological polar surface area (TPSA) is 26.3 Å². The van der Waals surface area contributed by atoms with Crippen LogP contribution in [0.2, 0.25) is 0 Å². The molecular formula is C9H14O2. The molecule has 0 aliphatic heterocycles. The van der Waals surface area contributed by atoms with Crippen molar-refractivity contribution in [1.82, 2.24) is 0 Å². The number of esters is 1. The Kier molecular flexibility index (Phi) is 3.14. The predicted octanol–water partition coefficient (Wildman–Crippen LogP) is 2.25. The van der Waals surface area contributed by atoms with E-state index in [-0.39, 0.29) is 11.9 Å². The molecule has 1 aliphatic rings. The smallest absolute Gasteiger partial charge is 0.313 e. The van der Waals surface area contributed by atoms with Gasteiger partial charge in [-0.15, -0.1) is 0 Å². The van der Waals surface area contributed by atoms with Gasteiger partial charge in [0.15, 0.2) is 0 Å². The lowest BCUT2D eigenvalue weighted by atomic mass is 10.1. The van der Waals surface area contributed by atoms with Gasteiger partial charge in [0.1, 0.15) is 0 Å². The summed E-state index contributed by atoms with van der Waals surface area (Å²) in [4.78, 5) is 11.1. The highest BCUT2D eigenvalue weighted by Gasteiger charge is 2.23. The molecule has 0 heterocycles. The van der Waals surface area contributed by atoms with Crippen molar-refractivity contribution in [3.05, 3.63) is 12.3 Å². The van der Waals surface area contributed by atoms with Gasteiger partial charge >= 0.3 is 5.97 Å². The summed E-state index contributed by atoms with van der Waals surface area (Å²) in [6.07, 6.45) is 7.56. The van der Waals surface area contributed by atoms with E-state index >= 15 is 0 Å². The number of hydrogen-bond acceptors (Lipinski definition) is 2. The Morgan fingerprint density at radius 3 is 2.64 bits per heavy atom. The van der Waals surface area contributed by atoms with E-state index in [1.807, 2.05) is 6.92 Å². The number of carbonyl (C=O) groups is 1. The lowest BCUT2D eigenvalue weighted by Crippen LogP contribution is -2.11. The van der Waals surface area contributed by atoms with Crippen molar-refractivity contribution in [3.63, 3.8) is 0 Å². The van der Waals surface area contributed by atoms with Gasteiger partial charge in [-0.05, 0) is 19.8 Å². The lowest BCUT2D eigenvalue weighted by molar-refractivity contribution is -0.142. The van der Waals surface area contributed by atoms with Crippen LogP contribution in [0.3, 0.4) is 0 Å². The molecule has 0 N–H and O–H groups in total. The van der Waals surface area contributed by atoms with Crippen LogP contribution in [0.4, 0.5) is 0 Å². The minimum atomic E-state index is -0.0550. The van der Waals surface area contributed by atoms with Crippen molar-refractivity contribution in [2.24, 2.45) is 5.92 Å². The zero-order chi connectivity index (χ0) is 8.10. The molecular weight excluding hydrogens is 140 g/mol. The van der Waals surface area contributed by atoms with Crippen LogP contribution in [-0.4, -0.2) is 5.97 Å². The molecule has 1 rings (SSSR count). The Balaban J connectivity index is 2.28. The molecule has 2 heteroatoms. The maximum Gasteiger partial charge on any atom is 0.313 e. The van der Waals surface area contributed by atoms with Crippen LogP contribution in [0.15, 0.2) is 12.3 Å². The molecule has 2 nitrogen and oxygen atoms in total. The second-order valence-corrected chi connectivity index (χ2v) is 2.89. The average Bonchev–Trinajstić information content (AvgIpc) is 2.52. The third-order valence-corrected chi connectivity index (χ3v) is 2.01. The first-order valence-corrected chi connectivity index (χ1v) is 4.16. The summed E-state index contributed by atoms with van der Waals surface area (Å²) in [5.41, 5.74) is 0. The van der Waals surface area contributed by atoms with Gasteiger partial charge in [-0.1, -0.05) is 18.9 Å². The Morgan fingerprint density at radius 1 is 1.45 bits per heavy atom. The Bertz CT molecular complexity index is 155. The van der Waals surface area contributed by atoms with Gasteiger partial charge in [-0.3, -0.25) is 4.79 Å². The first-order chi connectivity index (χ1) is 5.34. The van der Waals surface area contributed by atoms with E-state index in [1.54, 1.807) is 6.08 Å². The lowest BCUT2D eigenvalue weighted by Gasteiger charge is -2.04. The fraction of sp³-hybridized carbons (Fsp3) is 0.667. The fourth-order valence-corrected chi connectivity index (χ4v) is 1.39. The highest BCUT2D eigenvalue weighted by Crippen LogP contribution is 2.25. The van der Waals surface area contributed by atoms with Gasteiger partial charge < -0.3 is 4.74 Å². The van der Waals surface area contributed by atoms with E-state index < -0.39 is 0 Å². The van der Waals surface area contributed by atoms with Crippen LogP contribution in [0.1, 0.15) is 32.6 Å². The maximum atomic E-state index is 11.1. The zero-order valence-electron chi connectivity index (χ0n) is 6.88. The molecule has 1 aliphatic carbocycles. The Morgan fingerprint density at radius 2 is 2.09 bits per heavy atom. The summed E-state index contributed by atoms with van der Waals surface area (Å²) in [6.45, 7) is 1.84. The molecule has 0 amide bonds. The Labute approximate surface area is 67.2 Å². The van der Waals surface area contributed by atoms with E-state index in [0.717, 1.165) is 12.8 Å². The predicted molar refractivity (Wildman–Crippen MR) is 42.9 cm³/mol. The van der Waals surface area contributed by atoms with Crippen LogP contribution in [0, 0.1) is 5.92 Å². The van der Waals surface area contributed by atoms with Crippen LogP contribution in [0.5, 0.6) is 0 Å². The summed E-state index contributed by atoms with van der Waals surface area (Å²) in [5.74, 6) is 0.117. The number of carbonyl (C=O) groups excluding carboxylic acids is 1. The van der Waals surface area contributed by atoms with Gasteiger partial charge in [-0.25, -0.2) is 0 Å². The van der Waals surface area contributed by atoms with E-state index in [0.29, 0.717) is 0 Å². The molecule has 0 bridgehead atoms. The van der Waals surface area contributed by atoms with Crippen LogP contribution in [-0.2, 0) is 9.53 Å². The Hall–Kier alpha value is -0.790. The summed E-state index contributed by atoms with van der Waals surface area (Å²) >= 11 is 0. The molecule has 0 spiro atoms. The first-order valence-electron chi connectivity index (χ1n) is 4.16. The molecule has 0 aromatic rings. The molecule has 62 valence electrons. The van der Waals surface area contributed by atoms with Crippen molar-refractivity contribution in [1.29, 1.82) is 0 Å². The molecule has 1 saturated carbocycles. The quantitative estimate of drug-likeness (QED) is 0.450. The van der Waals surface area contributed by atoms with E-state index in [2.05, 4.69) is 0 Å². The van der Waals surface area contributed by atoms with Crippen molar-refractivity contribution in [2.45, 2.75) is 32.6 Å². The zero-order valence-corrected chi connectivity index (χ0v) is 6.88. The molecule has 1 fully saturated rings. The van der Waals surface area contributed by atoms with Gasteiger partial charge in [0.2, 0.25) is 0 Å². The van der Waals surface area contributed by atoms with E-state index in [1.165, 1.54) is 19.1 Å². The second-order valence-electron chi connectivity index (χ2n) is 2.89. The van der Waals surface area contributed by atoms with E-state index in [4.69, 9.17) is 4.74 Å². The van der Waals surface area contributed by atoms with Crippen molar-refractivity contribution >= 4 is 5.97 Å². The van der Waals surface area contributed by atoms with Crippen molar-refractivity contribution < 1.29 is 9.53 Å². The minimum Gasteiger partial charge on any atom is -0.435 e. The number of rotatable bonds is 2. The van der Waals surface area contributed by atoms with Gasteiger partial charge in [-0.2, -0.15) is 0 Å². The second kappa shape index (κ2) is 4.16. The third kappa shape index (κ3) is 2.37. The highest BCUT2D eigenvalue weighted by atomic mass is 16.5. The first kappa shape index (κ1) is 8.31. The van der Waals surface area contributed by atoms with Gasteiger partial charge in [0.05, 0.1) is 12.2 Å². The highest BCUT2D eigenvalue weighted by molar-refractivity contribution is 5.73. The van der Waals surface area contributed by atoms with Gasteiger partial charge in [0, 0.05) is 0 Å². The van der Waals surface area contributed by atoms with Crippen LogP contribution < -0.4 is 0 Å². The standard InChI is InChI=1S/C9H14O2/c1-2-7-11-9(10)8-5-3-4-6-8/h2,7-8H,3-6H2,1H3. The molecule has 0 aromatic heterocycles. The molecule has 0 atom stereocenters. The number of ether oxygens (including phenoxy) is 1. The van der Waals surface area contributed by atoms with Crippen molar-refractivity contribution in [2.75, 3.05) is 0 Å². The van der Waals surface area contributed by atoms with E-state index in [9.17, 15) is 4.79 Å². The normalized spacial score (nSPS) is 19.4. The molecule has 0 radical (unpaired) electrons. The summed E-state index contributed by atoms with van der Waals surface area (Å²) in [7, 11) is 0. The maximum absolute atomic E-state index is 11.1. The molecule has 0 unspecified atom stereocenters. The monoisotopic (exact) mass is 154 g/mol. The summed E-state index contributed by atoms with van der Waals surface area (Å²) < 4.78 is 4.86. The minimum absolute atomic E-state index is 0.0550. The van der Waals surface area contributed by atoms with Crippen LogP contribution in [0.25, 0.3) is 0 Å². The molecule has 11 heavy (non-hydrogen) atoms. The van der Waals surface area contributed by atoms with Gasteiger partial charge in [0.25, 0.3) is 0 Å². The average molecular weight is 154 g/mol. The summed E-state index contributed by atoms with van der Waals surface area (Å²) in [5, 5.41) is 0. The largest absolute Gasteiger partial charge is 0.435 e. The van der Waals surface area contributed by atoms with Crippen LogP contribution >= 0.6 is 0 Å². The fourth-order valence-electron chi connectivity index (χ4n) is 1.39. The third-order valence-electron chi connectivity index (χ3n) is 2.01. The number of allylic oxidation sites excluding steroid dienone is 1. The number of hydrogen-bond donors (Lipinski definition) is 0. The molecule has 0 saturated heterocycles.